The number of hydrogen-bond acceptors (Lipinski definition) is 3. The highest BCUT2D eigenvalue weighted by Crippen LogP contribution is 2.57. The van der Waals surface area contributed by atoms with Gasteiger partial charge < -0.3 is 4.74 Å². The van der Waals surface area contributed by atoms with Crippen molar-refractivity contribution in [2.45, 2.75) is 50.5 Å². The van der Waals surface area contributed by atoms with Gasteiger partial charge in [0.2, 0.25) is 0 Å². The van der Waals surface area contributed by atoms with Crippen LogP contribution in [0.5, 0.6) is 0 Å². The Morgan fingerprint density at radius 1 is 1.08 bits per heavy atom. The van der Waals surface area contributed by atoms with E-state index in [0.29, 0.717) is 29.7 Å². The van der Waals surface area contributed by atoms with Gasteiger partial charge in [0.25, 0.3) is 0 Å². The molecule has 4 fully saturated rings. The minimum atomic E-state index is -0.783. The number of carbonyl (C=O) groups is 2. The predicted octanol–water partition coefficient (Wildman–Crippen LogP) is 3.69. The number of ketones is 1. The molecule has 3 nitrogen and oxygen atoms in total. The average molecular weight is 328 g/mol. The minimum Gasteiger partial charge on any atom is -0.458 e. The van der Waals surface area contributed by atoms with Crippen LogP contribution in [0.2, 0.25) is 0 Å². The summed E-state index contributed by atoms with van der Waals surface area (Å²) in [5, 5.41) is 0. The Labute approximate surface area is 140 Å². The summed E-state index contributed by atoms with van der Waals surface area (Å²) in [4.78, 5) is 25.3. The normalized spacial score (nSPS) is 39.1. The molecule has 0 aliphatic heterocycles. The molecule has 1 aromatic carbocycles. The second-order valence-electron chi connectivity index (χ2n) is 8.44. The van der Waals surface area contributed by atoms with Crippen LogP contribution in [-0.4, -0.2) is 17.4 Å². The summed E-state index contributed by atoms with van der Waals surface area (Å²) >= 11 is 0. The van der Waals surface area contributed by atoms with Crippen LogP contribution in [0.25, 0.3) is 0 Å². The number of ether oxygens (including phenoxy) is 1. The summed E-state index contributed by atoms with van der Waals surface area (Å²) in [7, 11) is 0. The Kier molecular flexibility index (Phi) is 2.98. The first-order valence-electron chi connectivity index (χ1n) is 9.07. The van der Waals surface area contributed by atoms with Crippen molar-refractivity contribution in [3.8, 4) is 0 Å². The van der Waals surface area contributed by atoms with E-state index in [4.69, 9.17) is 4.74 Å². The van der Waals surface area contributed by atoms with E-state index in [0.717, 1.165) is 24.8 Å². The summed E-state index contributed by atoms with van der Waals surface area (Å²) in [6.07, 6.45) is 7.09. The van der Waals surface area contributed by atoms with Crippen LogP contribution >= 0.6 is 0 Å². The lowest BCUT2D eigenvalue weighted by molar-refractivity contribution is -0.189. The van der Waals surface area contributed by atoms with E-state index in [9.17, 15) is 14.0 Å². The van der Waals surface area contributed by atoms with E-state index in [1.165, 1.54) is 31.4 Å². The highest BCUT2D eigenvalue weighted by atomic mass is 19.1. The van der Waals surface area contributed by atoms with E-state index in [1.54, 1.807) is 6.07 Å². The fourth-order valence-electron chi connectivity index (χ4n) is 6.09. The van der Waals surface area contributed by atoms with Crippen LogP contribution in [0.3, 0.4) is 0 Å². The molecule has 0 N–H and O–H groups in total. The molecule has 0 spiro atoms. The summed E-state index contributed by atoms with van der Waals surface area (Å²) < 4.78 is 19.4. The Morgan fingerprint density at radius 2 is 1.71 bits per heavy atom. The number of hydrogen-bond donors (Lipinski definition) is 0. The van der Waals surface area contributed by atoms with E-state index >= 15 is 0 Å². The predicted molar refractivity (Wildman–Crippen MR) is 84.9 cm³/mol. The Morgan fingerprint density at radius 3 is 2.33 bits per heavy atom. The van der Waals surface area contributed by atoms with Crippen LogP contribution in [0, 0.1) is 29.5 Å². The summed E-state index contributed by atoms with van der Waals surface area (Å²) in [6.45, 7) is 0. The fourth-order valence-corrected chi connectivity index (χ4v) is 6.09. The lowest BCUT2D eigenvalue weighted by atomic mass is 9.54. The molecule has 1 aromatic rings. The number of carbonyl (C=O) groups excluding carboxylic acids is 2. The van der Waals surface area contributed by atoms with Crippen LogP contribution < -0.4 is 0 Å². The smallest absolute Gasteiger partial charge is 0.317 e. The summed E-state index contributed by atoms with van der Waals surface area (Å²) in [5.74, 6) is 0.184. The van der Waals surface area contributed by atoms with Crippen LogP contribution in [-0.2, 0) is 16.0 Å². The molecule has 4 heteroatoms. The SMILES string of the molecule is O=C(OC12CC3CC(CC(C3)C1)C2)C1Cc2ccc(F)cc2C1=O. The number of fused-ring (bicyclic) bond motifs is 1. The Balaban J connectivity index is 1.36. The number of Topliss-reactive ketones (excluding diaryl/α,β-unsaturated/α-hetero) is 1. The summed E-state index contributed by atoms with van der Waals surface area (Å²) in [6, 6.07) is 4.20. The van der Waals surface area contributed by atoms with Crippen molar-refractivity contribution in [1.29, 1.82) is 0 Å². The van der Waals surface area contributed by atoms with Crippen molar-refractivity contribution in [1.82, 2.24) is 0 Å². The molecule has 5 aliphatic rings. The molecule has 0 saturated heterocycles. The quantitative estimate of drug-likeness (QED) is 0.614. The maximum absolute atomic E-state index is 13.4. The van der Waals surface area contributed by atoms with Crippen LogP contribution in [0.1, 0.15) is 54.4 Å². The van der Waals surface area contributed by atoms with Crippen LogP contribution in [0.15, 0.2) is 18.2 Å². The third-order valence-corrected chi connectivity index (χ3v) is 6.66. The fraction of sp³-hybridized carbons (Fsp3) is 0.600. The van der Waals surface area contributed by atoms with Crippen molar-refractivity contribution < 1.29 is 18.7 Å². The van der Waals surface area contributed by atoms with Gasteiger partial charge in [-0.25, -0.2) is 4.39 Å². The molecule has 1 unspecified atom stereocenters. The zero-order valence-electron chi connectivity index (χ0n) is 13.6. The molecule has 0 amide bonds. The molecule has 6 rings (SSSR count). The van der Waals surface area contributed by atoms with Gasteiger partial charge in [0.1, 0.15) is 17.3 Å². The van der Waals surface area contributed by atoms with Gasteiger partial charge in [-0.3, -0.25) is 9.59 Å². The molecule has 1 atom stereocenters. The molecule has 0 heterocycles. The van der Waals surface area contributed by atoms with Gasteiger partial charge in [0.15, 0.2) is 5.78 Å². The number of benzene rings is 1. The molecule has 5 aliphatic carbocycles. The summed E-state index contributed by atoms with van der Waals surface area (Å²) in [5.41, 5.74) is 0.780. The highest BCUT2D eigenvalue weighted by molar-refractivity contribution is 6.12. The number of halogens is 1. The maximum atomic E-state index is 13.4. The Hall–Kier alpha value is -1.71. The van der Waals surface area contributed by atoms with Gasteiger partial charge in [0, 0.05) is 5.56 Å². The molecular weight excluding hydrogens is 307 g/mol. The number of rotatable bonds is 2. The van der Waals surface area contributed by atoms with Crippen molar-refractivity contribution >= 4 is 11.8 Å². The topological polar surface area (TPSA) is 43.4 Å². The first kappa shape index (κ1) is 14.6. The Bertz CT molecular complexity index is 703. The monoisotopic (exact) mass is 328 g/mol. The van der Waals surface area contributed by atoms with Gasteiger partial charge >= 0.3 is 5.97 Å². The number of esters is 1. The van der Waals surface area contributed by atoms with E-state index in [-0.39, 0.29) is 11.4 Å². The molecule has 4 saturated carbocycles. The van der Waals surface area contributed by atoms with E-state index in [2.05, 4.69) is 0 Å². The second kappa shape index (κ2) is 4.90. The van der Waals surface area contributed by atoms with E-state index in [1.807, 2.05) is 0 Å². The molecule has 24 heavy (non-hydrogen) atoms. The zero-order chi connectivity index (χ0) is 16.5. The zero-order valence-corrected chi connectivity index (χ0v) is 13.6. The first-order chi connectivity index (χ1) is 11.5. The van der Waals surface area contributed by atoms with Gasteiger partial charge in [-0.05, 0) is 80.4 Å². The third kappa shape index (κ3) is 2.15. The molecule has 126 valence electrons. The maximum Gasteiger partial charge on any atom is 0.317 e. The lowest BCUT2D eigenvalue weighted by Gasteiger charge is -2.55. The molecule has 0 aromatic heterocycles. The molecule has 4 bridgehead atoms. The minimum absolute atomic E-state index is 0.278. The van der Waals surface area contributed by atoms with Gasteiger partial charge in [-0.15, -0.1) is 0 Å². The van der Waals surface area contributed by atoms with Crippen LogP contribution in [0.4, 0.5) is 4.39 Å². The largest absolute Gasteiger partial charge is 0.458 e. The van der Waals surface area contributed by atoms with Gasteiger partial charge in [-0.2, -0.15) is 0 Å². The average Bonchev–Trinajstić information content (AvgIpc) is 2.82. The third-order valence-electron chi connectivity index (χ3n) is 6.66. The van der Waals surface area contributed by atoms with Crippen molar-refractivity contribution in [3.05, 3.63) is 35.1 Å². The molecular formula is C20H21FO3. The standard InChI is InChI=1S/C20H21FO3/c21-15-2-1-14-6-17(18(22)16(14)7-15)19(23)24-20-8-11-3-12(9-20)5-13(4-11)10-20/h1-2,7,11-13,17H,3-6,8-10H2. The van der Waals surface area contributed by atoms with Crippen molar-refractivity contribution in [2.75, 3.05) is 0 Å². The van der Waals surface area contributed by atoms with Crippen molar-refractivity contribution in [2.24, 2.45) is 23.7 Å². The van der Waals surface area contributed by atoms with Gasteiger partial charge in [0.05, 0.1) is 0 Å². The highest BCUT2D eigenvalue weighted by Gasteiger charge is 2.54. The van der Waals surface area contributed by atoms with Gasteiger partial charge in [-0.1, -0.05) is 6.07 Å². The first-order valence-corrected chi connectivity index (χ1v) is 9.07. The lowest BCUT2D eigenvalue weighted by Crippen LogP contribution is -2.53. The second-order valence-corrected chi connectivity index (χ2v) is 8.44. The van der Waals surface area contributed by atoms with Crippen molar-refractivity contribution in [3.63, 3.8) is 0 Å². The van der Waals surface area contributed by atoms with E-state index < -0.39 is 17.7 Å². The molecule has 0 radical (unpaired) electrons.